The van der Waals surface area contributed by atoms with Crippen LogP contribution in [-0.4, -0.2) is 42.7 Å². The van der Waals surface area contributed by atoms with E-state index in [1.807, 2.05) is 19.9 Å². The second-order valence-electron chi connectivity index (χ2n) is 4.83. The maximum Gasteiger partial charge on any atom is 0.484 e. The minimum Gasteiger partial charge on any atom is -0.427 e. The van der Waals surface area contributed by atoms with Gasteiger partial charge in [-0.2, -0.15) is 5.10 Å². The molecule has 5 nitrogen and oxygen atoms in total. The van der Waals surface area contributed by atoms with Gasteiger partial charge >= 0.3 is 7.05 Å². The van der Waals surface area contributed by atoms with Gasteiger partial charge < -0.3 is 5.02 Å². The summed E-state index contributed by atoms with van der Waals surface area (Å²) in [6, 6.07) is 3.75. The number of aryl methyl sites for hydroxylation is 2. The first-order valence-electron chi connectivity index (χ1n) is 6.28. The predicted molar refractivity (Wildman–Crippen MR) is 82.1 cm³/mol. The fourth-order valence-electron chi connectivity index (χ4n) is 2.25. The van der Waals surface area contributed by atoms with E-state index in [9.17, 15) is 13.4 Å². The van der Waals surface area contributed by atoms with E-state index >= 15 is 0 Å². The molecule has 0 spiro atoms. The van der Waals surface area contributed by atoms with Crippen molar-refractivity contribution in [1.82, 2.24) is 4.33 Å². The van der Waals surface area contributed by atoms with Crippen LogP contribution in [0.1, 0.15) is 23.1 Å². The lowest BCUT2D eigenvalue weighted by Gasteiger charge is -2.27. The Morgan fingerprint density at radius 1 is 1.40 bits per heavy atom. The molecule has 1 heterocycles. The summed E-state index contributed by atoms with van der Waals surface area (Å²) in [6.07, 6.45) is 1.80. The fraction of sp³-hybridized carbons (Fsp3) is 0.417. The van der Waals surface area contributed by atoms with Crippen LogP contribution < -0.4 is 5.46 Å². The van der Waals surface area contributed by atoms with Gasteiger partial charge in [0.15, 0.2) is 0 Å². The lowest BCUT2D eigenvalue weighted by molar-refractivity contribution is 0.475. The van der Waals surface area contributed by atoms with Gasteiger partial charge in [-0.25, -0.2) is 12.7 Å². The van der Waals surface area contributed by atoms with Crippen LogP contribution in [0.2, 0.25) is 0 Å². The Hall–Kier alpha value is -1.05. The minimum atomic E-state index is -3.66. The van der Waals surface area contributed by atoms with Gasteiger partial charge in [-0.1, -0.05) is 17.7 Å². The highest BCUT2D eigenvalue weighted by Crippen LogP contribution is 2.16. The molecule has 1 aromatic carbocycles. The molecule has 1 aliphatic heterocycles. The standard InChI is InChI=1S/C12H16BClN2O3S/c1-9-6-10(2)11-8-15-16(13(17)12(11)7-9)20(18,19)5-3-4-14/h6-8,17H,3-5H2,1-2H3. The lowest BCUT2D eigenvalue weighted by atomic mass is 9.70. The molecule has 20 heavy (non-hydrogen) atoms. The topological polar surface area (TPSA) is 70.0 Å². The van der Waals surface area contributed by atoms with Crippen LogP contribution >= 0.6 is 11.6 Å². The SMILES string of the molecule is Cc1cc(C)c2c(c1)B(O)N(S(=O)(=O)CCCCl)N=C2. The van der Waals surface area contributed by atoms with Gasteiger partial charge in [0.25, 0.3) is 0 Å². The summed E-state index contributed by atoms with van der Waals surface area (Å²) in [5.41, 5.74) is 3.26. The number of nitrogens with zero attached hydrogens (tertiary/aromatic N) is 2. The highest BCUT2D eigenvalue weighted by Gasteiger charge is 2.37. The molecule has 108 valence electrons. The molecular weight excluding hydrogens is 298 g/mol. The zero-order valence-electron chi connectivity index (χ0n) is 11.4. The molecule has 0 saturated heterocycles. The Kier molecular flexibility index (Phi) is 4.41. The normalized spacial score (nSPS) is 14.6. The number of hydrazone groups is 1. The van der Waals surface area contributed by atoms with Crippen molar-refractivity contribution in [1.29, 1.82) is 0 Å². The van der Waals surface area contributed by atoms with Crippen molar-refractivity contribution < 1.29 is 13.4 Å². The number of hydrogen-bond donors (Lipinski definition) is 1. The molecule has 0 atom stereocenters. The third-order valence-electron chi connectivity index (χ3n) is 3.17. The zero-order valence-corrected chi connectivity index (χ0v) is 12.9. The third kappa shape index (κ3) is 2.84. The molecule has 0 radical (unpaired) electrons. The Balaban J connectivity index is 2.40. The lowest BCUT2D eigenvalue weighted by Crippen LogP contribution is -2.53. The van der Waals surface area contributed by atoms with E-state index in [-0.39, 0.29) is 11.6 Å². The summed E-state index contributed by atoms with van der Waals surface area (Å²) in [4.78, 5) is 0. The molecule has 0 fully saturated rings. The highest BCUT2D eigenvalue weighted by molar-refractivity contribution is 7.90. The Morgan fingerprint density at radius 3 is 2.75 bits per heavy atom. The van der Waals surface area contributed by atoms with Gasteiger partial charge in [0.2, 0.25) is 10.0 Å². The van der Waals surface area contributed by atoms with Crippen molar-refractivity contribution in [3.05, 3.63) is 28.8 Å². The molecule has 1 aromatic rings. The molecule has 0 aromatic heterocycles. The number of sulfonamides is 1. The Morgan fingerprint density at radius 2 is 2.10 bits per heavy atom. The van der Waals surface area contributed by atoms with Gasteiger partial charge in [-0.3, -0.25) is 0 Å². The van der Waals surface area contributed by atoms with Crippen molar-refractivity contribution in [2.75, 3.05) is 11.6 Å². The van der Waals surface area contributed by atoms with Crippen LogP contribution in [0.15, 0.2) is 17.2 Å². The van der Waals surface area contributed by atoms with Crippen LogP contribution in [0.25, 0.3) is 0 Å². The quantitative estimate of drug-likeness (QED) is 0.653. The van der Waals surface area contributed by atoms with Gasteiger partial charge in [-0.15, -0.1) is 11.6 Å². The molecule has 0 bridgehead atoms. The second-order valence-corrected chi connectivity index (χ2v) is 7.16. The van der Waals surface area contributed by atoms with Crippen molar-refractivity contribution in [3.63, 3.8) is 0 Å². The van der Waals surface area contributed by atoms with E-state index in [0.29, 0.717) is 11.9 Å². The van der Waals surface area contributed by atoms with Crippen LogP contribution in [0, 0.1) is 13.8 Å². The van der Waals surface area contributed by atoms with Crippen molar-refractivity contribution in [2.45, 2.75) is 20.3 Å². The van der Waals surface area contributed by atoms with Crippen LogP contribution in [0.4, 0.5) is 0 Å². The maximum absolute atomic E-state index is 12.1. The van der Waals surface area contributed by atoms with E-state index in [2.05, 4.69) is 5.10 Å². The van der Waals surface area contributed by atoms with Crippen LogP contribution in [0.3, 0.4) is 0 Å². The monoisotopic (exact) mass is 314 g/mol. The van der Waals surface area contributed by atoms with E-state index in [0.717, 1.165) is 21.0 Å². The van der Waals surface area contributed by atoms with E-state index < -0.39 is 17.1 Å². The van der Waals surface area contributed by atoms with Crippen LogP contribution in [0.5, 0.6) is 0 Å². The van der Waals surface area contributed by atoms with E-state index in [1.54, 1.807) is 6.07 Å². The largest absolute Gasteiger partial charge is 0.484 e. The molecular formula is C12H16BClN2O3S. The first-order valence-corrected chi connectivity index (χ1v) is 8.42. The summed E-state index contributed by atoms with van der Waals surface area (Å²) in [6.45, 7) is 3.81. The summed E-state index contributed by atoms with van der Waals surface area (Å²) >= 11 is 5.52. The van der Waals surface area contributed by atoms with Crippen molar-refractivity contribution in [2.24, 2.45) is 5.10 Å². The number of rotatable bonds is 4. The van der Waals surface area contributed by atoms with Crippen molar-refractivity contribution in [3.8, 4) is 0 Å². The Labute approximate surface area is 124 Å². The molecule has 0 amide bonds. The molecule has 0 saturated carbocycles. The fourth-order valence-corrected chi connectivity index (χ4v) is 3.85. The molecule has 0 unspecified atom stereocenters. The summed E-state index contributed by atoms with van der Waals surface area (Å²) in [5.74, 6) is 0.118. The molecule has 2 rings (SSSR count). The summed E-state index contributed by atoms with van der Waals surface area (Å²) in [5, 5.41) is 14.2. The average Bonchev–Trinajstić information content (AvgIpc) is 2.37. The first kappa shape index (κ1) is 15.3. The number of halogens is 1. The first-order chi connectivity index (χ1) is 9.36. The van der Waals surface area contributed by atoms with Crippen molar-refractivity contribution >= 4 is 40.4 Å². The number of benzene rings is 1. The van der Waals surface area contributed by atoms with Crippen LogP contribution in [-0.2, 0) is 10.0 Å². The highest BCUT2D eigenvalue weighted by atomic mass is 35.5. The third-order valence-corrected chi connectivity index (χ3v) is 5.11. The minimum absolute atomic E-state index is 0.134. The van der Waals surface area contributed by atoms with Gasteiger partial charge in [-0.05, 0) is 36.9 Å². The summed E-state index contributed by atoms with van der Waals surface area (Å²) in [7, 11) is -4.95. The maximum atomic E-state index is 12.1. The van der Waals surface area contributed by atoms with Gasteiger partial charge in [0.05, 0.1) is 12.0 Å². The number of alkyl halides is 1. The van der Waals surface area contributed by atoms with E-state index in [4.69, 9.17) is 11.6 Å². The summed E-state index contributed by atoms with van der Waals surface area (Å²) < 4.78 is 25.0. The molecule has 8 heteroatoms. The zero-order chi connectivity index (χ0) is 14.9. The Bertz CT molecular complexity index is 648. The van der Waals surface area contributed by atoms with Gasteiger partial charge in [0.1, 0.15) is 0 Å². The van der Waals surface area contributed by atoms with Gasteiger partial charge in [0, 0.05) is 5.88 Å². The number of fused-ring (bicyclic) bond motifs is 1. The van der Waals surface area contributed by atoms with E-state index in [1.165, 1.54) is 6.21 Å². The smallest absolute Gasteiger partial charge is 0.427 e. The molecule has 1 aliphatic rings. The number of hydrogen-bond acceptors (Lipinski definition) is 4. The molecule has 1 N–H and O–H groups in total. The molecule has 0 aliphatic carbocycles. The average molecular weight is 315 g/mol. The predicted octanol–water partition coefficient (Wildman–Crippen LogP) is 0.599. The second kappa shape index (κ2) is 5.75.